The summed E-state index contributed by atoms with van der Waals surface area (Å²) >= 11 is 0. The third-order valence-corrected chi connectivity index (χ3v) is 5.11. The average molecular weight is 296 g/mol. The molecule has 1 unspecified atom stereocenters. The second kappa shape index (κ2) is 6.21. The van der Waals surface area contributed by atoms with Crippen molar-refractivity contribution in [2.24, 2.45) is 11.8 Å². The largest absolute Gasteiger partial charge is 0.317 e. The number of hydrogen-bond acceptors (Lipinski definition) is 3. The van der Waals surface area contributed by atoms with E-state index in [-0.39, 0.29) is 0 Å². The zero-order valence-corrected chi connectivity index (χ0v) is 13.0. The SMILES string of the molecule is c1ccc(CC2Cc3nnc(CC4CCNCC4)n3C2)cc1. The van der Waals surface area contributed by atoms with Crippen LogP contribution in [0.3, 0.4) is 0 Å². The van der Waals surface area contributed by atoms with Gasteiger partial charge in [-0.05, 0) is 49.8 Å². The van der Waals surface area contributed by atoms with Gasteiger partial charge >= 0.3 is 0 Å². The van der Waals surface area contributed by atoms with Gasteiger partial charge in [-0.15, -0.1) is 10.2 Å². The monoisotopic (exact) mass is 296 g/mol. The van der Waals surface area contributed by atoms with Crippen LogP contribution in [0.15, 0.2) is 30.3 Å². The van der Waals surface area contributed by atoms with Gasteiger partial charge in [-0.1, -0.05) is 30.3 Å². The van der Waals surface area contributed by atoms with E-state index < -0.39 is 0 Å². The molecule has 22 heavy (non-hydrogen) atoms. The Morgan fingerprint density at radius 1 is 1.00 bits per heavy atom. The van der Waals surface area contributed by atoms with Crippen molar-refractivity contribution in [2.45, 2.75) is 38.6 Å². The molecule has 0 bridgehead atoms. The first-order chi connectivity index (χ1) is 10.9. The summed E-state index contributed by atoms with van der Waals surface area (Å²) in [7, 11) is 0. The summed E-state index contributed by atoms with van der Waals surface area (Å²) < 4.78 is 2.40. The highest BCUT2D eigenvalue weighted by Crippen LogP contribution is 2.26. The van der Waals surface area contributed by atoms with Gasteiger partial charge in [0, 0.05) is 19.4 Å². The molecule has 0 radical (unpaired) electrons. The van der Waals surface area contributed by atoms with Gasteiger partial charge in [0.2, 0.25) is 0 Å². The summed E-state index contributed by atoms with van der Waals surface area (Å²) in [6.07, 6.45) is 5.88. The fourth-order valence-corrected chi connectivity index (χ4v) is 3.89. The molecule has 1 aromatic carbocycles. The molecule has 2 aromatic rings. The molecule has 1 saturated heterocycles. The molecular weight excluding hydrogens is 272 g/mol. The third kappa shape index (κ3) is 2.93. The maximum absolute atomic E-state index is 4.47. The third-order valence-electron chi connectivity index (χ3n) is 5.11. The average Bonchev–Trinajstić information content (AvgIpc) is 3.11. The van der Waals surface area contributed by atoms with Crippen LogP contribution in [-0.2, 0) is 25.8 Å². The van der Waals surface area contributed by atoms with Crippen LogP contribution < -0.4 is 5.32 Å². The van der Waals surface area contributed by atoms with Crippen LogP contribution in [0, 0.1) is 11.8 Å². The Balaban J connectivity index is 1.41. The summed E-state index contributed by atoms with van der Waals surface area (Å²) in [6, 6.07) is 10.8. The van der Waals surface area contributed by atoms with E-state index in [2.05, 4.69) is 50.4 Å². The van der Waals surface area contributed by atoms with E-state index in [1.165, 1.54) is 30.1 Å². The molecule has 0 aliphatic carbocycles. The lowest BCUT2D eigenvalue weighted by Gasteiger charge is -2.22. The zero-order valence-electron chi connectivity index (χ0n) is 13.0. The fourth-order valence-electron chi connectivity index (χ4n) is 3.89. The number of rotatable bonds is 4. The Hall–Kier alpha value is -1.68. The van der Waals surface area contributed by atoms with Crippen LogP contribution in [0.25, 0.3) is 0 Å². The second-order valence-electron chi connectivity index (χ2n) is 6.80. The minimum absolute atomic E-state index is 0.680. The van der Waals surface area contributed by atoms with E-state index in [9.17, 15) is 0 Å². The first-order valence-electron chi connectivity index (χ1n) is 8.54. The van der Waals surface area contributed by atoms with E-state index in [0.717, 1.165) is 44.8 Å². The van der Waals surface area contributed by atoms with Crippen molar-refractivity contribution in [3.8, 4) is 0 Å². The minimum Gasteiger partial charge on any atom is -0.317 e. The molecule has 2 aliphatic rings. The molecule has 1 fully saturated rings. The molecule has 4 heteroatoms. The fraction of sp³-hybridized carbons (Fsp3) is 0.556. The molecular formula is C18H24N4. The summed E-state index contributed by atoms with van der Waals surface area (Å²) in [5.74, 6) is 3.88. The highest BCUT2D eigenvalue weighted by molar-refractivity contribution is 5.16. The van der Waals surface area contributed by atoms with Gasteiger partial charge in [-0.2, -0.15) is 0 Å². The lowest BCUT2D eigenvalue weighted by atomic mass is 9.94. The van der Waals surface area contributed by atoms with Crippen LogP contribution in [0.5, 0.6) is 0 Å². The molecule has 4 rings (SSSR count). The van der Waals surface area contributed by atoms with Crippen molar-refractivity contribution in [3.05, 3.63) is 47.5 Å². The van der Waals surface area contributed by atoms with Crippen molar-refractivity contribution < 1.29 is 0 Å². The highest BCUT2D eigenvalue weighted by atomic mass is 15.3. The van der Waals surface area contributed by atoms with Crippen molar-refractivity contribution in [3.63, 3.8) is 0 Å². The van der Waals surface area contributed by atoms with Gasteiger partial charge in [-0.25, -0.2) is 0 Å². The zero-order chi connectivity index (χ0) is 14.8. The molecule has 1 N–H and O–H groups in total. The van der Waals surface area contributed by atoms with E-state index in [1.807, 2.05) is 0 Å². The lowest BCUT2D eigenvalue weighted by molar-refractivity contribution is 0.360. The number of fused-ring (bicyclic) bond motifs is 1. The van der Waals surface area contributed by atoms with Crippen molar-refractivity contribution in [1.82, 2.24) is 20.1 Å². The molecule has 0 saturated carbocycles. The van der Waals surface area contributed by atoms with Crippen molar-refractivity contribution >= 4 is 0 Å². The number of benzene rings is 1. The molecule has 2 aliphatic heterocycles. The smallest absolute Gasteiger partial charge is 0.133 e. The maximum Gasteiger partial charge on any atom is 0.133 e. The molecule has 0 spiro atoms. The standard InChI is InChI=1S/C18H24N4/c1-2-4-14(5-3-1)10-16-12-18-21-20-17(22(18)13-16)11-15-6-8-19-9-7-15/h1-5,15-16,19H,6-13H2. The summed E-state index contributed by atoms with van der Waals surface area (Å²) in [6.45, 7) is 3.40. The number of nitrogens with one attached hydrogen (secondary N) is 1. The number of nitrogens with zero attached hydrogens (tertiary/aromatic N) is 3. The lowest BCUT2D eigenvalue weighted by Crippen LogP contribution is -2.29. The van der Waals surface area contributed by atoms with Gasteiger partial charge in [0.1, 0.15) is 11.6 Å². The van der Waals surface area contributed by atoms with Crippen LogP contribution in [0.4, 0.5) is 0 Å². The molecule has 1 atom stereocenters. The predicted molar refractivity (Wildman–Crippen MR) is 86.7 cm³/mol. The van der Waals surface area contributed by atoms with E-state index >= 15 is 0 Å². The first kappa shape index (κ1) is 13.9. The van der Waals surface area contributed by atoms with Crippen LogP contribution >= 0.6 is 0 Å². The summed E-state index contributed by atoms with van der Waals surface area (Å²) in [4.78, 5) is 0. The Morgan fingerprint density at radius 2 is 1.82 bits per heavy atom. The van der Waals surface area contributed by atoms with Crippen LogP contribution in [0.1, 0.15) is 30.1 Å². The maximum atomic E-state index is 4.47. The normalized spacial score (nSPS) is 21.9. The van der Waals surface area contributed by atoms with Crippen molar-refractivity contribution in [2.75, 3.05) is 13.1 Å². The molecule has 4 nitrogen and oxygen atoms in total. The summed E-state index contributed by atoms with van der Waals surface area (Å²) in [5.41, 5.74) is 1.44. The first-order valence-corrected chi connectivity index (χ1v) is 8.54. The quantitative estimate of drug-likeness (QED) is 0.941. The van der Waals surface area contributed by atoms with Gasteiger partial charge in [0.05, 0.1) is 0 Å². The van der Waals surface area contributed by atoms with Gasteiger partial charge in [0.25, 0.3) is 0 Å². The van der Waals surface area contributed by atoms with Crippen molar-refractivity contribution in [1.29, 1.82) is 0 Å². The Bertz CT molecular complexity index is 613. The van der Waals surface area contributed by atoms with Crippen LogP contribution in [-0.4, -0.2) is 27.9 Å². The highest BCUT2D eigenvalue weighted by Gasteiger charge is 2.27. The topological polar surface area (TPSA) is 42.7 Å². The molecule has 1 aromatic heterocycles. The van der Waals surface area contributed by atoms with Gasteiger partial charge < -0.3 is 9.88 Å². The minimum atomic E-state index is 0.680. The number of hydrogen-bond donors (Lipinski definition) is 1. The number of aromatic nitrogens is 3. The Morgan fingerprint density at radius 3 is 2.64 bits per heavy atom. The van der Waals surface area contributed by atoms with Gasteiger partial charge in [-0.3, -0.25) is 0 Å². The molecule has 116 valence electrons. The summed E-state index contributed by atoms with van der Waals surface area (Å²) in [5, 5.41) is 12.4. The van der Waals surface area contributed by atoms with E-state index in [0.29, 0.717) is 5.92 Å². The number of piperidine rings is 1. The van der Waals surface area contributed by atoms with Gasteiger partial charge in [0.15, 0.2) is 0 Å². The Kier molecular flexibility index (Phi) is 3.94. The van der Waals surface area contributed by atoms with E-state index in [4.69, 9.17) is 0 Å². The Labute approximate surface area is 132 Å². The predicted octanol–water partition coefficient (Wildman–Crippen LogP) is 2.24. The van der Waals surface area contributed by atoms with Crippen LogP contribution in [0.2, 0.25) is 0 Å². The molecule has 0 amide bonds. The van der Waals surface area contributed by atoms with E-state index in [1.54, 1.807) is 0 Å². The second-order valence-corrected chi connectivity index (χ2v) is 6.80. The molecule has 3 heterocycles.